The molecule has 0 spiro atoms. The standard InChI is InChI=1S/C18H25NO2/c1-18(2,3)19-13-16-15-8-5-4-7-14(15)9-10-17(16)21-12-6-11-20/h4-5,7-10,19-20H,6,11-13H2,1-3H3. The first-order valence-electron chi connectivity index (χ1n) is 7.50. The van der Waals surface area contributed by atoms with Crippen LogP contribution < -0.4 is 10.1 Å². The maximum atomic E-state index is 8.90. The third-order valence-electron chi connectivity index (χ3n) is 3.35. The second kappa shape index (κ2) is 6.92. The van der Waals surface area contributed by atoms with E-state index in [2.05, 4.69) is 56.4 Å². The van der Waals surface area contributed by atoms with E-state index in [1.54, 1.807) is 0 Å². The second-order valence-electron chi connectivity index (χ2n) is 6.29. The molecule has 0 bridgehead atoms. The number of rotatable bonds is 6. The van der Waals surface area contributed by atoms with Gasteiger partial charge < -0.3 is 15.2 Å². The molecule has 3 heteroatoms. The molecule has 21 heavy (non-hydrogen) atoms. The molecule has 0 atom stereocenters. The van der Waals surface area contributed by atoms with Crippen LogP contribution in [0.15, 0.2) is 36.4 Å². The van der Waals surface area contributed by atoms with E-state index in [0.29, 0.717) is 13.0 Å². The predicted molar refractivity (Wildman–Crippen MR) is 87.7 cm³/mol. The Kier molecular flexibility index (Phi) is 5.21. The Morgan fingerprint density at radius 3 is 2.57 bits per heavy atom. The first-order chi connectivity index (χ1) is 10.0. The minimum Gasteiger partial charge on any atom is -0.493 e. The van der Waals surface area contributed by atoms with Crippen molar-refractivity contribution in [2.45, 2.75) is 39.3 Å². The van der Waals surface area contributed by atoms with Crippen molar-refractivity contribution in [2.24, 2.45) is 0 Å². The largest absolute Gasteiger partial charge is 0.493 e. The summed E-state index contributed by atoms with van der Waals surface area (Å²) >= 11 is 0. The molecule has 0 amide bonds. The van der Waals surface area contributed by atoms with Gasteiger partial charge >= 0.3 is 0 Å². The fraction of sp³-hybridized carbons (Fsp3) is 0.444. The number of nitrogens with one attached hydrogen (secondary N) is 1. The van der Waals surface area contributed by atoms with Gasteiger partial charge in [-0.25, -0.2) is 0 Å². The molecule has 0 saturated heterocycles. The quantitative estimate of drug-likeness (QED) is 0.799. The van der Waals surface area contributed by atoms with E-state index in [-0.39, 0.29) is 12.1 Å². The first-order valence-corrected chi connectivity index (χ1v) is 7.50. The monoisotopic (exact) mass is 287 g/mol. The molecule has 2 aromatic carbocycles. The molecule has 2 aromatic rings. The van der Waals surface area contributed by atoms with Crippen LogP contribution in [0.25, 0.3) is 10.8 Å². The van der Waals surface area contributed by atoms with Crippen molar-refractivity contribution >= 4 is 10.8 Å². The third-order valence-corrected chi connectivity index (χ3v) is 3.35. The van der Waals surface area contributed by atoms with Crippen molar-refractivity contribution in [2.75, 3.05) is 13.2 Å². The van der Waals surface area contributed by atoms with E-state index in [1.165, 1.54) is 16.3 Å². The maximum absolute atomic E-state index is 8.90. The Bertz CT molecular complexity index is 587. The fourth-order valence-corrected chi connectivity index (χ4v) is 2.23. The number of aliphatic hydroxyl groups is 1. The number of hydrogen-bond acceptors (Lipinski definition) is 3. The summed E-state index contributed by atoms with van der Waals surface area (Å²) in [5, 5.41) is 14.9. The van der Waals surface area contributed by atoms with Gasteiger partial charge in [-0.15, -0.1) is 0 Å². The van der Waals surface area contributed by atoms with Gasteiger partial charge in [0.05, 0.1) is 6.61 Å². The summed E-state index contributed by atoms with van der Waals surface area (Å²) in [7, 11) is 0. The van der Waals surface area contributed by atoms with Crippen LogP contribution in [0, 0.1) is 0 Å². The topological polar surface area (TPSA) is 41.5 Å². The fourth-order valence-electron chi connectivity index (χ4n) is 2.23. The minimum absolute atomic E-state index is 0.0549. The summed E-state index contributed by atoms with van der Waals surface area (Å²) in [5.74, 6) is 0.902. The van der Waals surface area contributed by atoms with Crippen molar-refractivity contribution in [1.29, 1.82) is 0 Å². The lowest BCUT2D eigenvalue weighted by atomic mass is 10.0. The van der Waals surface area contributed by atoms with Crippen molar-refractivity contribution < 1.29 is 9.84 Å². The van der Waals surface area contributed by atoms with E-state index < -0.39 is 0 Å². The molecule has 0 saturated carbocycles. The lowest BCUT2D eigenvalue weighted by molar-refractivity contribution is 0.232. The summed E-state index contributed by atoms with van der Waals surface area (Å²) < 4.78 is 5.85. The van der Waals surface area contributed by atoms with Crippen LogP contribution >= 0.6 is 0 Å². The Balaban J connectivity index is 2.32. The number of hydrogen-bond donors (Lipinski definition) is 2. The molecule has 0 aliphatic heterocycles. The highest BCUT2D eigenvalue weighted by molar-refractivity contribution is 5.87. The van der Waals surface area contributed by atoms with Gasteiger partial charge in [-0.1, -0.05) is 30.3 Å². The molecule has 2 N–H and O–H groups in total. The summed E-state index contributed by atoms with van der Waals surface area (Å²) in [6.07, 6.45) is 0.652. The van der Waals surface area contributed by atoms with E-state index in [4.69, 9.17) is 9.84 Å². The molecule has 0 aliphatic carbocycles. The maximum Gasteiger partial charge on any atom is 0.124 e. The molecule has 0 heterocycles. The van der Waals surface area contributed by atoms with Crippen molar-refractivity contribution in [3.8, 4) is 5.75 Å². The third kappa shape index (κ3) is 4.45. The zero-order valence-electron chi connectivity index (χ0n) is 13.1. The van der Waals surface area contributed by atoms with Gasteiger partial charge in [-0.05, 0) is 37.6 Å². The van der Waals surface area contributed by atoms with Crippen LogP contribution in [0.2, 0.25) is 0 Å². The number of aliphatic hydroxyl groups excluding tert-OH is 1. The van der Waals surface area contributed by atoms with E-state index in [0.717, 1.165) is 12.3 Å². The Morgan fingerprint density at radius 2 is 1.86 bits per heavy atom. The number of ether oxygens (including phenoxy) is 1. The SMILES string of the molecule is CC(C)(C)NCc1c(OCCCO)ccc2ccccc12. The van der Waals surface area contributed by atoms with E-state index in [1.807, 2.05) is 6.07 Å². The highest BCUT2D eigenvalue weighted by Crippen LogP contribution is 2.28. The van der Waals surface area contributed by atoms with Gasteiger partial charge in [0.25, 0.3) is 0 Å². The van der Waals surface area contributed by atoms with Crippen LogP contribution in [0.4, 0.5) is 0 Å². The Hall–Kier alpha value is -1.58. The van der Waals surface area contributed by atoms with E-state index >= 15 is 0 Å². The second-order valence-corrected chi connectivity index (χ2v) is 6.29. The van der Waals surface area contributed by atoms with Gasteiger partial charge in [0.15, 0.2) is 0 Å². The van der Waals surface area contributed by atoms with Gasteiger partial charge in [0.1, 0.15) is 5.75 Å². The van der Waals surface area contributed by atoms with Crippen molar-refractivity contribution in [3.05, 3.63) is 42.0 Å². The molecule has 114 valence electrons. The smallest absolute Gasteiger partial charge is 0.124 e. The van der Waals surface area contributed by atoms with Gasteiger partial charge in [0, 0.05) is 30.7 Å². The average molecular weight is 287 g/mol. The number of fused-ring (bicyclic) bond motifs is 1. The van der Waals surface area contributed by atoms with Crippen LogP contribution in [0.5, 0.6) is 5.75 Å². The van der Waals surface area contributed by atoms with Crippen LogP contribution in [-0.2, 0) is 6.54 Å². The molecule has 0 aliphatic rings. The van der Waals surface area contributed by atoms with Crippen LogP contribution in [0.1, 0.15) is 32.8 Å². The average Bonchev–Trinajstić information content (AvgIpc) is 2.45. The van der Waals surface area contributed by atoms with Crippen molar-refractivity contribution in [3.63, 3.8) is 0 Å². The summed E-state index contributed by atoms with van der Waals surface area (Å²) in [6, 6.07) is 12.5. The van der Waals surface area contributed by atoms with Crippen molar-refractivity contribution in [1.82, 2.24) is 5.32 Å². The number of benzene rings is 2. The Morgan fingerprint density at radius 1 is 1.10 bits per heavy atom. The molecule has 3 nitrogen and oxygen atoms in total. The van der Waals surface area contributed by atoms with Gasteiger partial charge in [0.2, 0.25) is 0 Å². The van der Waals surface area contributed by atoms with E-state index in [9.17, 15) is 0 Å². The zero-order chi connectivity index (χ0) is 15.3. The lowest BCUT2D eigenvalue weighted by Crippen LogP contribution is -2.35. The Labute approximate surface area is 126 Å². The highest BCUT2D eigenvalue weighted by atomic mass is 16.5. The lowest BCUT2D eigenvalue weighted by Gasteiger charge is -2.22. The first kappa shape index (κ1) is 15.8. The molecule has 0 unspecified atom stereocenters. The van der Waals surface area contributed by atoms with Crippen LogP contribution in [0.3, 0.4) is 0 Å². The molecule has 0 radical (unpaired) electrons. The zero-order valence-corrected chi connectivity index (χ0v) is 13.1. The molecular weight excluding hydrogens is 262 g/mol. The van der Waals surface area contributed by atoms with Gasteiger partial charge in [-0.3, -0.25) is 0 Å². The summed E-state index contributed by atoms with van der Waals surface area (Å²) in [6.45, 7) is 7.93. The molecular formula is C18H25NO2. The molecule has 2 rings (SSSR count). The molecule has 0 aromatic heterocycles. The van der Waals surface area contributed by atoms with Crippen LogP contribution in [-0.4, -0.2) is 23.9 Å². The highest BCUT2D eigenvalue weighted by Gasteiger charge is 2.13. The summed E-state index contributed by atoms with van der Waals surface area (Å²) in [5.41, 5.74) is 1.24. The van der Waals surface area contributed by atoms with Gasteiger partial charge in [-0.2, -0.15) is 0 Å². The minimum atomic E-state index is 0.0549. The normalized spacial score (nSPS) is 11.8. The predicted octanol–water partition coefficient (Wildman–Crippen LogP) is 3.49. The molecule has 0 fully saturated rings. The summed E-state index contributed by atoms with van der Waals surface area (Å²) in [4.78, 5) is 0.